The molecule has 1 aromatic rings. The lowest BCUT2D eigenvalue weighted by atomic mass is 9.78. The maximum atomic E-state index is 5.72. The van der Waals surface area contributed by atoms with Crippen LogP contribution in [0.1, 0.15) is 33.6 Å². The van der Waals surface area contributed by atoms with Gasteiger partial charge in [-0.1, -0.05) is 26.0 Å². The van der Waals surface area contributed by atoms with Gasteiger partial charge in [-0.15, -0.1) is 0 Å². The van der Waals surface area contributed by atoms with Gasteiger partial charge in [-0.2, -0.15) is 0 Å². The smallest absolute Gasteiger partial charge is 0.493 e. The standard InChI is InChI=1S/C14H23BO3/c1-4-11-17-15(18-12-5-2)13-7-9-14(10-8-13)16-6-3/h7-10H,4-6,11-12H2,1-3H3. The van der Waals surface area contributed by atoms with Gasteiger partial charge in [-0.3, -0.25) is 0 Å². The van der Waals surface area contributed by atoms with E-state index in [2.05, 4.69) is 13.8 Å². The summed E-state index contributed by atoms with van der Waals surface area (Å²) < 4.78 is 16.9. The molecule has 0 heterocycles. The predicted octanol–water partition coefficient (Wildman–Crippen LogP) is 2.63. The van der Waals surface area contributed by atoms with Gasteiger partial charge in [0, 0.05) is 13.2 Å². The van der Waals surface area contributed by atoms with Crippen molar-refractivity contribution in [3.05, 3.63) is 24.3 Å². The minimum absolute atomic E-state index is 0.263. The molecule has 3 nitrogen and oxygen atoms in total. The number of rotatable bonds is 9. The highest BCUT2D eigenvalue weighted by molar-refractivity contribution is 6.61. The van der Waals surface area contributed by atoms with Gasteiger partial charge in [-0.05, 0) is 37.4 Å². The van der Waals surface area contributed by atoms with Crippen LogP contribution in [-0.4, -0.2) is 26.9 Å². The fourth-order valence-corrected chi connectivity index (χ4v) is 1.58. The Morgan fingerprint density at radius 1 is 0.889 bits per heavy atom. The Morgan fingerprint density at radius 3 is 1.89 bits per heavy atom. The van der Waals surface area contributed by atoms with Crippen LogP contribution in [0.2, 0.25) is 0 Å². The third kappa shape index (κ3) is 5.11. The molecule has 0 aliphatic heterocycles. The second-order valence-corrected chi connectivity index (χ2v) is 4.08. The van der Waals surface area contributed by atoms with Gasteiger partial charge >= 0.3 is 7.12 Å². The van der Waals surface area contributed by atoms with Crippen LogP contribution in [-0.2, 0) is 9.31 Å². The zero-order valence-corrected chi connectivity index (χ0v) is 11.6. The lowest BCUT2D eigenvalue weighted by Gasteiger charge is -2.14. The summed E-state index contributed by atoms with van der Waals surface area (Å²) >= 11 is 0. The van der Waals surface area contributed by atoms with Crippen molar-refractivity contribution in [2.24, 2.45) is 0 Å². The highest BCUT2D eigenvalue weighted by Gasteiger charge is 2.20. The maximum Gasteiger partial charge on any atom is 0.493 e. The molecule has 0 aromatic heterocycles. The van der Waals surface area contributed by atoms with Crippen LogP contribution in [0.15, 0.2) is 24.3 Å². The predicted molar refractivity (Wildman–Crippen MR) is 75.5 cm³/mol. The number of hydrogen-bond donors (Lipinski definition) is 0. The molecule has 0 aliphatic rings. The summed E-state index contributed by atoms with van der Waals surface area (Å²) in [5.74, 6) is 0.881. The van der Waals surface area contributed by atoms with E-state index in [1.807, 2.05) is 31.2 Å². The van der Waals surface area contributed by atoms with Gasteiger partial charge in [0.2, 0.25) is 0 Å². The summed E-state index contributed by atoms with van der Waals surface area (Å²) in [5, 5.41) is 0. The van der Waals surface area contributed by atoms with Crippen LogP contribution in [0.4, 0.5) is 0 Å². The summed E-state index contributed by atoms with van der Waals surface area (Å²) in [6, 6.07) is 7.91. The second kappa shape index (κ2) is 9.00. The average molecular weight is 250 g/mol. The van der Waals surface area contributed by atoms with E-state index in [0.29, 0.717) is 19.8 Å². The first-order valence-corrected chi connectivity index (χ1v) is 6.77. The van der Waals surface area contributed by atoms with Gasteiger partial charge in [0.05, 0.1) is 6.61 Å². The first-order valence-electron chi connectivity index (χ1n) is 6.77. The van der Waals surface area contributed by atoms with Gasteiger partial charge in [0.15, 0.2) is 0 Å². The van der Waals surface area contributed by atoms with Crippen molar-refractivity contribution >= 4 is 12.6 Å². The van der Waals surface area contributed by atoms with E-state index in [9.17, 15) is 0 Å². The van der Waals surface area contributed by atoms with E-state index >= 15 is 0 Å². The lowest BCUT2D eigenvalue weighted by Crippen LogP contribution is -2.37. The highest BCUT2D eigenvalue weighted by Crippen LogP contribution is 2.08. The molecule has 0 amide bonds. The van der Waals surface area contributed by atoms with Crippen LogP contribution in [0.25, 0.3) is 0 Å². The summed E-state index contributed by atoms with van der Waals surface area (Å²) in [6.45, 7) is 8.26. The third-order valence-electron chi connectivity index (χ3n) is 2.41. The van der Waals surface area contributed by atoms with Crippen LogP contribution in [0.5, 0.6) is 5.75 Å². The Kier molecular flexibility index (Phi) is 7.54. The summed E-state index contributed by atoms with van der Waals surface area (Å²) in [6.07, 6.45) is 1.98. The van der Waals surface area contributed by atoms with Crippen LogP contribution >= 0.6 is 0 Å². The molecule has 0 fully saturated rings. The van der Waals surface area contributed by atoms with E-state index in [0.717, 1.165) is 24.1 Å². The van der Waals surface area contributed by atoms with Crippen molar-refractivity contribution < 1.29 is 14.0 Å². The quantitative estimate of drug-likeness (QED) is 0.630. The molecule has 0 unspecified atom stereocenters. The number of hydrogen-bond acceptors (Lipinski definition) is 3. The molecule has 0 N–H and O–H groups in total. The second-order valence-electron chi connectivity index (χ2n) is 4.08. The molecular weight excluding hydrogens is 227 g/mol. The Bertz CT molecular complexity index is 305. The molecule has 0 spiro atoms. The van der Waals surface area contributed by atoms with E-state index < -0.39 is 0 Å². The van der Waals surface area contributed by atoms with Crippen molar-refractivity contribution in [1.82, 2.24) is 0 Å². The molecular formula is C14H23BO3. The normalized spacial score (nSPS) is 10.4. The Labute approximate surface area is 111 Å². The monoisotopic (exact) mass is 250 g/mol. The molecule has 0 saturated heterocycles. The Morgan fingerprint density at radius 2 is 1.44 bits per heavy atom. The van der Waals surface area contributed by atoms with E-state index in [1.54, 1.807) is 0 Å². The Balaban J connectivity index is 2.64. The molecule has 0 aliphatic carbocycles. The molecule has 18 heavy (non-hydrogen) atoms. The summed E-state index contributed by atoms with van der Waals surface area (Å²) in [7, 11) is -0.263. The fourth-order valence-electron chi connectivity index (χ4n) is 1.58. The molecule has 4 heteroatoms. The Hall–Kier alpha value is -0.995. The molecule has 1 aromatic carbocycles. The molecule has 0 atom stereocenters. The van der Waals surface area contributed by atoms with E-state index in [1.165, 1.54) is 0 Å². The van der Waals surface area contributed by atoms with Gasteiger partial charge in [0.25, 0.3) is 0 Å². The van der Waals surface area contributed by atoms with Crippen molar-refractivity contribution in [2.45, 2.75) is 33.6 Å². The zero-order valence-electron chi connectivity index (χ0n) is 11.6. The molecule has 100 valence electrons. The number of ether oxygens (including phenoxy) is 1. The van der Waals surface area contributed by atoms with E-state index in [4.69, 9.17) is 14.0 Å². The van der Waals surface area contributed by atoms with Gasteiger partial charge in [-0.25, -0.2) is 0 Å². The first kappa shape index (κ1) is 15.1. The minimum atomic E-state index is -0.263. The topological polar surface area (TPSA) is 27.7 Å². The minimum Gasteiger partial charge on any atom is -0.494 e. The first-order chi connectivity index (χ1) is 8.81. The van der Waals surface area contributed by atoms with Crippen molar-refractivity contribution in [2.75, 3.05) is 19.8 Å². The zero-order chi connectivity index (χ0) is 13.2. The fraction of sp³-hybridized carbons (Fsp3) is 0.571. The maximum absolute atomic E-state index is 5.72. The third-order valence-corrected chi connectivity index (χ3v) is 2.41. The molecule has 0 saturated carbocycles. The highest BCUT2D eigenvalue weighted by atomic mass is 16.6. The van der Waals surface area contributed by atoms with Crippen molar-refractivity contribution in [3.8, 4) is 5.75 Å². The number of benzene rings is 1. The van der Waals surface area contributed by atoms with Crippen LogP contribution in [0, 0.1) is 0 Å². The summed E-state index contributed by atoms with van der Waals surface area (Å²) in [4.78, 5) is 0. The van der Waals surface area contributed by atoms with Crippen LogP contribution in [0.3, 0.4) is 0 Å². The van der Waals surface area contributed by atoms with Gasteiger partial charge < -0.3 is 14.0 Å². The van der Waals surface area contributed by atoms with Crippen molar-refractivity contribution in [1.29, 1.82) is 0 Å². The van der Waals surface area contributed by atoms with E-state index in [-0.39, 0.29) is 7.12 Å². The average Bonchev–Trinajstić information content (AvgIpc) is 2.41. The molecule has 1 rings (SSSR count). The van der Waals surface area contributed by atoms with Crippen molar-refractivity contribution in [3.63, 3.8) is 0 Å². The molecule has 0 radical (unpaired) electrons. The van der Waals surface area contributed by atoms with Crippen LogP contribution < -0.4 is 10.2 Å². The molecule has 0 bridgehead atoms. The SMILES string of the molecule is CCCOB(OCCC)c1ccc(OCC)cc1. The largest absolute Gasteiger partial charge is 0.494 e. The lowest BCUT2D eigenvalue weighted by molar-refractivity contribution is 0.207. The summed E-state index contributed by atoms with van der Waals surface area (Å²) in [5.41, 5.74) is 1.04. The van der Waals surface area contributed by atoms with Gasteiger partial charge in [0.1, 0.15) is 5.75 Å².